The standard InChI is InChI=1S/C14H13F3N2O4/c1-2-23-12(21)13(22,14(15,16)17)7-11(20)19-10-5-3-9(8-18)4-6-10/h3-6,22H,2,7H2,1H3,(H,19,20). The van der Waals surface area contributed by atoms with Crippen LogP contribution in [0.3, 0.4) is 0 Å². The summed E-state index contributed by atoms with van der Waals surface area (Å²) in [6, 6.07) is 7.12. The van der Waals surface area contributed by atoms with E-state index in [1.807, 2.05) is 6.07 Å². The lowest BCUT2D eigenvalue weighted by molar-refractivity contribution is -0.262. The van der Waals surface area contributed by atoms with Gasteiger partial charge in [0, 0.05) is 5.69 Å². The maximum absolute atomic E-state index is 12.9. The highest BCUT2D eigenvalue weighted by Gasteiger charge is 2.61. The van der Waals surface area contributed by atoms with Crippen molar-refractivity contribution in [3.05, 3.63) is 29.8 Å². The summed E-state index contributed by atoms with van der Waals surface area (Å²) in [5.74, 6) is -3.18. The number of alkyl halides is 3. The number of ether oxygens (including phenoxy) is 1. The Morgan fingerprint density at radius 3 is 2.30 bits per heavy atom. The number of halogens is 3. The second-order valence-electron chi connectivity index (χ2n) is 4.49. The van der Waals surface area contributed by atoms with Gasteiger partial charge >= 0.3 is 12.1 Å². The van der Waals surface area contributed by atoms with Crippen LogP contribution in [-0.4, -0.2) is 35.4 Å². The minimum absolute atomic E-state index is 0.113. The highest BCUT2D eigenvalue weighted by atomic mass is 19.4. The van der Waals surface area contributed by atoms with E-state index in [1.165, 1.54) is 31.2 Å². The van der Waals surface area contributed by atoms with Crippen molar-refractivity contribution in [1.82, 2.24) is 0 Å². The zero-order chi connectivity index (χ0) is 17.7. The van der Waals surface area contributed by atoms with Gasteiger partial charge in [-0.15, -0.1) is 0 Å². The lowest BCUT2D eigenvalue weighted by Crippen LogP contribution is -2.54. The van der Waals surface area contributed by atoms with Crippen LogP contribution in [0.2, 0.25) is 0 Å². The second-order valence-corrected chi connectivity index (χ2v) is 4.49. The fourth-order valence-electron chi connectivity index (χ4n) is 1.60. The number of hydrogen-bond donors (Lipinski definition) is 2. The fraction of sp³-hybridized carbons (Fsp3) is 0.357. The zero-order valence-corrected chi connectivity index (χ0v) is 12.0. The van der Waals surface area contributed by atoms with E-state index in [9.17, 15) is 27.9 Å². The highest BCUT2D eigenvalue weighted by molar-refractivity contribution is 5.96. The number of aliphatic hydroxyl groups is 1. The number of hydrogen-bond acceptors (Lipinski definition) is 5. The van der Waals surface area contributed by atoms with Gasteiger partial charge in [0.25, 0.3) is 5.60 Å². The molecule has 1 amide bonds. The van der Waals surface area contributed by atoms with E-state index in [0.29, 0.717) is 5.56 Å². The van der Waals surface area contributed by atoms with Crippen LogP contribution in [0, 0.1) is 11.3 Å². The molecule has 0 spiro atoms. The molecule has 1 unspecified atom stereocenters. The number of carbonyl (C=O) groups excluding carboxylic acids is 2. The predicted octanol–water partition coefficient (Wildman–Crippen LogP) is 1.74. The van der Waals surface area contributed by atoms with Gasteiger partial charge in [0.2, 0.25) is 5.91 Å². The van der Waals surface area contributed by atoms with Crippen molar-refractivity contribution in [2.45, 2.75) is 25.1 Å². The first-order valence-corrected chi connectivity index (χ1v) is 6.40. The Balaban J connectivity index is 2.89. The first kappa shape index (κ1) is 18.4. The Morgan fingerprint density at radius 2 is 1.87 bits per heavy atom. The fourth-order valence-corrected chi connectivity index (χ4v) is 1.60. The Kier molecular flexibility index (Phi) is 5.70. The van der Waals surface area contributed by atoms with Crippen LogP contribution >= 0.6 is 0 Å². The van der Waals surface area contributed by atoms with Crippen molar-refractivity contribution >= 4 is 17.6 Å². The van der Waals surface area contributed by atoms with Crippen molar-refractivity contribution in [1.29, 1.82) is 5.26 Å². The Labute approximate surface area is 129 Å². The second kappa shape index (κ2) is 7.11. The number of esters is 1. The summed E-state index contributed by atoms with van der Waals surface area (Å²) in [5, 5.41) is 20.3. The molecule has 6 nitrogen and oxygen atoms in total. The third-order valence-electron chi connectivity index (χ3n) is 2.80. The van der Waals surface area contributed by atoms with E-state index < -0.39 is 30.1 Å². The number of anilines is 1. The summed E-state index contributed by atoms with van der Waals surface area (Å²) in [6.45, 7) is 0.889. The topological polar surface area (TPSA) is 99.4 Å². The van der Waals surface area contributed by atoms with Crippen LogP contribution in [0.25, 0.3) is 0 Å². The Hall–Kier alpha value is -2.60. The molecule has 2 N–H and O–H groups in total. The van der Waals surface area contributed by atoms with Crippen LogP contribution in [0.4, 0.5) is 18.9 Å². The van der Waals surface area contributed by atoms with Crippen molar-refractivity contribution in [3.63, 3.8) is 0 Å². The molecule has 0 saturated carbocycles. The van der Waals surface area contributed by atoms with Crippen molar-refractivity contribution in [2.24, 2.45) is 0 Å². The first-order valence-electron chi connectivity index (χ1n) is 6.40. The van der Waals surface area contributed by atoms with Gasteiger partial charge in [-0.25, -0.2) is 4.79 Å². The molecule has 0 aliphatic heterocycles. The van der Waals surface area contributed by atoms with Crippen molar-refractivity contribution in [3.8, 4) is 6.07 Å². The van der Waals surface area contributed by atoms with Crippen LogP contribution < -0.4 is 5.32 Å². The summed E-state index contributed by atoms with van der Waals surface area (Å²) in [7, 11) is 0. The van der Waals surface area contributed by atoms with E-state index in [-0.39, 0.29) is 12.3 Å². The summed E-state index contributed by atoms with van der Waals surface area (Å²) < 4.78 is 42.9. The molecular weight excluding hydrogens is 317 g/mol. The first-order chi connectivity index (χ1) is 10.6. The summed E-state index contributed by atoms with van der Waals surface area (Å²) in [4.78, 5) is 23.1. The van der Waals surface area contributed by atoms with E-state index in [0.717, 1.165) is 0 Å². The monoisotopic (exact) mass is 330 g/mol. The third-order valence-corrected chi connectivity index (χ3v) is 2.80. The molecule has 0 radical (unpaired) electrons. The molecular formula is C14H13F3N2O4. The van der Waals surface area contributed by atoms with Gasteiger partial charge in [-0.1, -0.05) is 0 Å². The van der Waals surface area contributed by atoms with E-state index in [4.69, 9.17) is 5.26 Å². The summed E-state index contributed by atoms with van der Waals surface area (Å²) >= 11 is 0. The van der Waals surface area contributed by atoms with Crippen LogP contribution in [0.15, 0.2) is 24.3 Å². The number of carbonyl (C=O) groups is 2. The molecule has 0 fully saturated rings. The molecule has 1 atom stereocenters. The molecule has 1 aromatic carbocycles. The largest absolute Gasteiger partial charge is 0.464 e. The quantitative estimate of drug-likeness (QED) is 0.801. The number of nitrogens with one attached hydrogen (secondary N) is 1. The van der Waals surface area contributed by atoms with Crippen LogP contribution in [0.5, 0.6) is 0 Å². The minimum atomic E-state index is -5.37. The number of nitriles is 1. The van der Waals surface area contributed by atoms with Gasteiger partial charge in [0.15, 0.2) is 0 Å². The average Bonchev–Trinajstić information content (AvgIpc) is 2.46. The Morgan fingerprint density at radius 1 is 1.30 bits per heavy atom. The molecule has 0 aliphatic rings. The zero-order valence-electron chi connectivity index (χ0n) is 12.0. The van der Waals surface area contributed by atoms with E-state index in [2.05, 4.69) is 10.1 Å². The molecule has 0 aromatic heterocycles. The third kappa shape index (κ3) is 4.43. The number of nitrogens with zero attached hydrogens (tertiary/aromatic N) is 1. The van der Waals surface area contributed by atoms with Gasteiger partial charge in [0.1, 0.15) is 0 Å². The molecule has 0 saturated heterocycles. The molecule has 0 aliphatic carbocycles. The lowest BCUT2D eigenvalue weighted by atomic mass is 9.98. The maximum atomic E-state index is 12.9. The number of benzene rings is 1. The van der Waals surface area contributed by atoms with Gasteiger partial charge in [0.05, 0.1) is 24.7 Å². The normalized spacial score (nSPS) is 13.6. The van der Waals surface area contributed by atoms with Gasteiger partial charge in [-0.2, -0.15) is 18.4 Å². The molecule has 1 aromatic rings. The summed E-state index contributed by atoms with van der Waals surface area (Å²) in [5.41, 5.74) is -3.52. The molecule has 1 rings (SSSR count). The van der Waals surface area contributed by atoms with Gasteiger partial charge in [-0.05, 0) is 31.2 Å². The number of rotatable bonds is 5. The van der Waals surface area contributed by atoms with Crippen molar-refractivity contribution in [2.75, 3.05) is 11.9 Å². The minimum Gasteiger partial charge on any atom is -0.464 e. The van der Waals surface area contributed by atoms with Gasteiger partial charge < -0.3 is 15.2 Å². The summed E-state index contributed by atoms with van der Waals surface area (Å²) in [6.07, 6.45) is -6.92. The van der Waals surface area contributed by atoms with Crippen LogP contribution in [-0.2, 0) is 14.3 Å². The smallest absolute Gasteiger partial charge is 0.428 e. The highest BCUT2D eigenvalue weighted by Crippen LogP contribution is 2.34. The molecule has 0 heterocycles. The van der Waals surface area contributed by atoms with E-state index >= 15 is 0 Å². The van der Waals surface area contributed by atoms with Crippen LogP contribution in [0.1, 0.15) is 18.9 Å². The van der Waals surface area contributed by atoms with Crippen molar-refractivity contribution < 1.29 is 32.6 Å². The maximum Gasteiger partial charge on any atom is 0.428 e. The number of amides is 1. The predicted molar refractivity (Wildman–Crippen MR) is 72.0 cm³/mol. The molecule has 23 heavy (non-hydrogen) atoms. The molecule has 9 heteroatoms. The molecule has 124 valence electrons. The van der Waals surface area contributed by atoms with Gasteiger partial charge in [-0.3, -0.25) is 4.79 Å². The molecule has 0 bridgehead atoms. The average molecular weight is 330 g/mol. The lowest BCUT2D eigenvalue weighted by Gasteiger charge is -2.27. The van der Waals surface area contributed by atoms with E-state index in [1.54, 1.807) is 0 Å². The Bertz CT molecular complexity index is 622. The SMILES string of the molecule is CCOC(=O)C(O)(CC(=O)Nc1ccc(C#N)cc1)C(F)(F)F.